The highest BCUT2D eigenvalue weighted by atomic mass is 32.3. The molecule has 2 heteroatoms. The van der Waals surface area contributed by atoms with Gasteiger partial charge in [-0.1, -0.05) is 68.2 Å². The van der Waals surface area contributed by atoms with Gasteiger partial charge in [0.1, 0.15) is 0 Å². The molecule has 1 aliphatic heterocycles. The summed E-state index contributed by atoms with van der Waals surface area (Å²) in [4.78, 5) is 1.49. The maximum Gasteiger partial charge on any atom is 0.0156 e. The van der Waals surface area contributed by atoms with Gasteiger partial charge in [-0.05, 0) is 54.6 Å². The monoisotopic (exact) mass is 341 g/mol. The number of benzene rings is 1. The van der Waals surface area contributed by atoms with E-state index in [-0.39, 0.29) is 0 Å². The van der Waals surface area contributed by atoms with Gasteiger partial charge in [-0.2, -0.15) is 0 Å². The van der Waals surface area contributed by atoms with Crippen molar-refractivity contribution in [3.05, 3.63) is 63.9 Å². The number of rotatable bonds is 5. The zero-order valence-corrected chi connectivity index (χ0v) is 16.2. The Kier molecular flexibility index (Phi) is 5.68. The lowest BCUT2D eigenvalue weighted by Crippen LogP contribution is -2.18. The molecule has 0 radical (unpaired) electrons. The van der Waals surface area contributed by atoms with E-state index in [2.05, 4.69) is 72.7 Å². The molecule has 0 spiro atoms. The molecule has 0 bridgehead atoms. The lowest BCUT2D eigenvalue weighted by atomic mass is 9.84. The summed E-state index contributed by atoms with van der Waals surface area (Å²) in [5, 5.41) is 5.08. The zero-order valence-electron chi connectivity index (χ0n) is 15.3. The van der Waals surface area contributed by atoms with Crippen LogP contribution < -0.4 is 4.72 Å². The molecule has 1 heterocycles. The molecule has 1 saturated carbocycles. The molecule has 0 saturated heterocycles. The Balaban J connectivity index is 2.01. The summed E-state index contributed by atoms with van der Waals surface area (Å²) in [5.74, 6) is 0.775. The Bertz CT molecular complexity index is 646. The van der Waals surface area contributed by atoms with Gasteiger partial charge in [0.2, 0.25) is 0 Å². The fourth-order valence-electron chi connectivity index (χ4n) is 4.09. The predicted molar refractivity (Wildman–Crippen MR) is 110 cm³/mol. The van der Waals surface area contributed by atoms with Crippen LogP contribution in [0.25, 0.3) is 4.91 Å². The highest BCUT2D eigenvalue weighted by Crippen LogP contribution is 2.64. The van der Waals surface area contributed by atoms with Crippen molar-refractivity contribution in [3.63, 3.8) is 0 Å². The van der Waals surface area contributed by atoms with Gasteiger partial charge in [0.25, 0.3) is 0 Å². The van der Waals surface area contributed by atoms with Gasteiger partial charge in [0, 0.05) is 11.4 Å². The van der Waals surface area contributed by atoms with Gasteiger partial charge < -0.3 is 0 Å². The van der Waals surface area contributed by atoms with E-state index in [0.717, 1.165) is 12.5 Å². The van der Waals surface area contributed by atoms with Crippen molar-refractivity contribution in [3.8, 4) is 0 Å². The van der Waals surface area contributed by atoms with E-state index in [1.165, 1.54) is 48.1 Å². The van der Waals surface area contributed by atoms with E-state index in [4.69, 9.17) is 0 Å². The minimum absolute atomic E-state index is 0.775. The summed E-state index contributed by atoms with van der Waals surface area (Å²) in [6.45, 7) is 7.74. The summed E-state index contributed by atoms with van der Waals surface area (Å²) >= 11 is 0. The first-order chi connectivity index (χ1) is 11.7. The average Bonchev–Trinajstić information content (AvgIpc) is 3.01. The van der Waals surface area contributed by atoms with Crippen molar-refractivity contribution in [2.24, 2.45) is 5.92 Å². The smallest absolute Gasteiger partial charge is 0.0156 e. The number of hydrogen-bond acceptors (Lipinski definition) is 1. The van der Waals surface area contributed by atoms with Crippen LogP contribution >= 0.6 is 10.2 Å². The van der Waals surface area contributed by atoms with E-state index in [9.17, 15) is 0 Å². The Morgan fingerprint density at radius 3 is 2.42 bits per heavy atom. The summed E-state index contributed by atoms with van der Waals surface area (Å²) in [5.41, 5.74) is 4.36. The predicted octanol–water partition coefficient (Wildman–Crippen LogP) is 6.76. The van der Waals surface area contributed by atoms with Crippen LogP contribution in [0.3, 0.4) is 0 Å². The molecule has 3 rings (SSSR count). The number of nitrogens with one attached hydrogen (secondary N) is 1. The van der Waals surface area contributed by atoms with Crippen LogP contribution in [-0.4, -0.2) is 6.54 Å². The molecule has 1 fully saturated rings. The van der Waals surface area contributed by atoms with Crippen LogP contribution in [-0.2, 0) is 0 Å². The molecule has 2 aliphatic rings. The molecule has 1 N–H and O–H groups in total. The van der Waals surface area contributed by atoms with Gasteiger partial charge in [-0.25, -0.2) is 0 Å². The quantitative estimate of drug-likeness (QED) is 0.624. The lowest BCUT2D eigenvalue weighted by Gasteiger charge is -2.37. The normalized spacial score (nSPS) is 26.7. The van der Waals surface area contributed by atoms with Crippen LogP contribution in [0.1, 0.15) is 58.4 Å². The standard InChI is InChI=1S/C22H31NS/c1-4-23-24(22(18(2)3)20-13-9-6-10-14-20)16-15-21(17-24)19-11-7-5-8-12-19/h6,9-10,13-17,19,23H,4-5,7-8,11-12H2,1-3H3. The molecular formula is C22H31NS. The third-order valence-electron chi connectivity index (χ3n) is 5.08. The molecule has 0 aromatic heterocycles. The fourth-order valence-corrected chi connectivity index (χ4v) is 7.49. The molecule has 0 amide bonds. The Morgan fingerprint density at radius 1 is 1.08 bits per heavy atom. The fraction of sp³-hybridized carbons (Fsp3) is 0.455. The number of hydrogen-bond donors (Lipinski definition) is 1. The number of allylic oxidation sites excluding steroid dienone is 3. The van der Waals surface area contributed by atoms with E-state index in [0.29, 0.717) is 0 Å². The van der Waals surface area contributed by atoms with Crippen molar-refractivity contribution >= 4 is 15.1 Å². The average molecular weight is 342 g/mol. The second-order valence-corrected chi connectivity index (χ2v) is 9.78. The largest absolute Gasteiger partial charge is 0.271 e. The molecule has 1 aliphatic carbocycles. The second-order valence-electron chi connectivity index (χ2n) is 7.16. The first kappa shape index (κ1) is 17.6. The zero-order chi connectivity index (χ0) is 17.0. The minimum Gasteiger partial charge on any atom is -0.271 e. The second kappa shape index (κ2) is 7.76. The maximum absolute atomic E-state index is 3.87. The molecule has 130 valence electrons. The van der Waals surface area contributed by atoms with Crippen molar-refractivity contribution in [1.82, 2.24) is 4.72 Å². The summed E-state index contributed by atoms with van der Waals surface area (Å²) in [7, 11) is -1.22. The third-order valence-corrected chi connectivity index (χ3v) is 8.38. The van der Waals surface area contributed by atoms with Gasteiger partial charge >= 0.3 is 0 Å². The maximum atomic E-state index is 3.87. The topological polar surface area (TPSA) is 12.0 Å². The Hall–Kier alpha value is -1.25. The first-order valence-electron chi connectivity index (χ1n) is 9.37. The molecule has 1 aromatic rings. The highest BCUT2D eigenvalue weighted by Gasteiger charge is 2.31. The molecule has 1 aromatic carbocycles. The van der Waals surface area contributed by atoms with Crippen molar-refractivity contribution < 1.29 is 0 Å². The van der Waals surface area contributed by atoms with Gasteiger partial charge in [0.15, 0.2) is 0 Å². The molecule has 1 nitrogen and oxygen atoms in total. The van der Waals surface area contributed by atoms with Gasteiger partial charge in [-0.3, -0.25) is 4.72 Å². The summed E-state index contributed by atoms with van der Waals surface area (Å²) in [6.07, 6.45) is 9.38. The van der Waals surface area contributed by atoms with E-state index < -0.39 is 10.2 Å². The van der Waals surface area contributed by atoms with E-state index in [1.807, 2.05) is 0 Å². The van der Waals surface area contributed by atoms with Crippen LogP contribution in [0.5, 0.6) is 0 Å². The molecule has 1 atom stereocenters. The molecule has 1 unspecified atom stereocenters. The van der Waals surface area contributed by atoms with E-state index in [1.54, 1.807) is 5.57 Å². The van der Waals surface area contributed by atoms with Crippen LogP contribution in [0.15, 0.2) is 58.4 Å². The van der Waals surface area contributed by atoms with E-state index >= 15 is 0 Å². The van der Waals surface area contributed by atoms with Gasteiger partial charge in [-0.15, -0.1) is 10.2 Å². The third kappa shape index (κ3) is 3.55. The van der Waals surface area contributed by atoms with Crippen LogP contribution in [0.4, 0.5) is 0 Å². The van der Waals surface area contributed by atoms with Gasteiger partial charge in [0.05, 0.1) is 0 Å². The first-order valence-corrected chi connectivity index (χ1v) is 11.1. The molecule has 24 heavy (non-hydrogen) atoms. The lowest BCUT2D eigenvalue weighted by molar-refractivity contribution is 0.409. The van der Waals surface area contributed by atoms with Crippen LogP contribution in [0.2, 0.25) is 0 Å². The summed E-state index contributed by atoms with van der Waals surface area (Å²) < 4.78 is 3.87. The van der Waals surface area contributed by atoms with Crippen molar-refractivity contribution in [1.29, 1.82) is 0 Å². The Morgan fingerprint density at radius 2 is 1.79 bits per heavy atom. The minimum atomic E-state index is -1.22. The highest BCUT2D eigenvalue weighted by molar-refractivity contribution is 8.44. The summed E-state index contributed by atoms with van der Waals surface area (Å²) in [6, 6.07) is 10.9. The van der Waals surface area contributed by atoms with Crippen LogP contribution in [0, 0.1) is 5.92 Å². The van der Waals surface area contributed by atoms with Crippen molar-refractivity contribution in [2.45, 2.75) is 52.9 Å². The Labute approximate surface area is 149 Å². The van der Waals surface area contributed by atoms with Crippen molar-refractivity contribution in [2.75, 3.05) is 6.54 Å². The SMILES string of the molecule is CCNS1(C(=C(C)C)c2ccccc2)C=CC(C2CCCCC2)=C1. The molecular weight excluding hydrogens is 310 g/mol.